The molecule has 0 unspecified atom stereocenters. The molecule has 0 aliphatic rings. The van der Waals surface area contributed by atoms with Crippen LogP contribution in [0.15, 0.2) is 69.0 Å². The Hall–Kier alpha value is -2.99. The number of halogens is 1. The first-order valence-corrected chi connectivity index (χ1v) is 12.4. The Kier molecular flexibility index (Phi) is 6.89. The Labute approximate surface area is 208 Å². The van der Waals surface area contributed by atoms with E-state index in [-0.39, 0.29) is 16.9 Å². The molecule has 0 fully saturated rings. The summed E-state index contributed by atoms with van der Waals surface area (Å²) in [5, 5.41) is 7.34. The summed E-state index contributed by atoms with van der Waals surface area (Å²) in [7, 11) is 0. The van der Waals surface area contributed by atoms with Gasteiger partial charge in [0.2, 0.25) is 0 Å². The molecular weight excluding hydrogens is 490 g/mol. The van der Waals surface area contributed by atoms with Crippen LogP contribution in [0.1, 0.15) is 58.3 Å². The maximum Gasteiger partial charge on any atom is 0.282 e. The van der Waals surface area contributed by atoms with Crippen molar-refractivity contribution in [2.45, 2.75) is 47.0 Å². The molecule has 0 radical (unpaired) electrons. The molecule has 1 atom stereocenters. The van der Waals surface area contributed by atoms with Crippen molar-refractivity contribution in [1.82, 2.24) is 9.66 Å². The summed E-state index contributed by atoms with van der Waals surface area (Å²) in [4.78, 5) is 18.3. The van der Waals surface area contributed by atoms with Crippen molar-refractivity contribution in [3.05, 3.63) is 80.8 Å². The minimum atomic E-state index is -0.185. The lowest BCUT2D eigenvalue weighted by molar-refractivity contribution is 0.198. The molecule has 176 valence electrons. The van der Waals surface area contributed by atoms with Crippen LogP contribution in [0.3, 0.4) is 0 Å². The third-order valence-electron chi connectivity index (χ3n) is 5.78. The minimum Gasteiger partial charge on any atom is -0.492 e. The highest BCUT2D eigenvalue weighted by molar-refractivity contribution is 9.10. The normalized spacial score (nSPS) is 13.1. The van der Waals surface area contributed by atoms with Gasteiger partial charge in [0.15, 0.2) is 0 Å². The molecule has 0 spiro atoms. The Balaban J connectivity index is 1.91. The fraction of sp³-hybridized carbons (Fsp3) is 0.321. The van der Waals surface area contributed by atoms with Crippen LogP contribution in [0.2, 0.25) is 0 Å². The highest BCUT2D eigenvalue weighted by Gasteiger charge is 2.17. The number of hydrogen-bond donors (Lipinski definition) is 0. The van der Waals surface area contributed by atoms with Gasteiger partial charge in [0.05, 0.1) is 23.7 Å². The maximum atomic E-state index is 13.5. The fourth-order valence-electron chi connectivity index (χ4n) is 3.72. The number of benzene rings is 3. The molecular formula is C28H30BrN3O2. The van der Waals surface area contributed by atoms with Crippen LogP contribution >= 0.6 is 15.9 Å². The summed E-state index contributed by atoms with van der Waals surface area (Å²) in [6, 6.07) is 17.7. The molecule has 0 amide bonds. The van der Waals surface area contributed by atoms with Gasteiger partial charge in [-0.05, 0) is 46.9 Å². The lowest BCUT2D eigenvalue weighted by Gasteiger charge is -2.20. The van der Waals surface area contributed by atoms with Gasteiger partial charge < -0.3 is 4.74 Å². The molecule has 0 N–H and O–H groups in total. The van der Waals surface area contributed by atoms with Crippen molar-refractivity contribution in [3.8, 4) is 5.75 Å². The molecule has 0 saturated heterocycles. The number of fused-ring (bicyclic) bond motifs is 2. The van der Waals surface area contributed by atoms with E-state index in [0.717, 1.165) is 33.0 Å². The van der Waals surface area contributed by atoms with Crippen LogP contribution in [-0.4, -0.2) is 22.5 Å². The Morgan fingerprint density at radius 3 is 2.62 bits per heavy atom. The number of ether oxygens (including phenoxy) is 1. The van der Waals surface area contributed by atoms with Crippen LogP contribution in [0.4, 0.5) is 0 Å². The van der Waals surface area contributed by atoms with Gasteiger partial charge in [-0.2, -0.15) is 9.78 Å². The molecule has 4 rings (SSSR count). The van der Waals surface area contributed by atoms with E-state index in [1.165, 1.54) is 4.68 Å². The van der Waals surface area contributed by atoms with Crippen LogP contribution in [0.25, 0.3) is 21.7 Å². The van der Waals surface area contributed by atoms with E-state index in [0.29, 0.717) is 23.3 Å². The largest absolute Gasteiger partial charge is 0.492 e. The predicted molar refractivity (Wildman–Crippen MR) is 144 cm³/mol. The summed E-state index contributed by atoms with van der Waals surface area (Å²) in [5.41, 5.74) is 1.35. The molecule has 0 aliphatic carbocycles. The van der Waals surface area contributed by atoms with Gasteiger partial charge in [0.1, 0.15) is 11.6 Å². The fourth-order valence-corrected chi connectivity index (χ4v) is 4.08. The number of hydrogen-bond acceptors (Lipinski definition) is 4. The number of rotatable bonds is 6. The zero-order chi connectivity index (χ0) is 24.5. The molecule has 0 aliphatic heterocycles. The van der Waals surface area contributed by atoms with Gasteiger partial charge in [-0.1, -0.05) is 80.9 Å². The van der Waals surface area contributed by atoms with E-state index in [9.17, 15) is 4.79 Å². The zero-order valence-electron chi connectivity index (χ0n) is 20.3. The summed E-state index contributed by atoms with van der Waals surface area (Å²) >= 11 is 3.47. The van der Waals surface area contributed by atoms with Gasteiger partial charge in [-0.3, -0.25) is 4.79 Å². The molecule has 3 aromatic carbocycles. The smallest absolute Gasteiger partial charge is 0.282 e. The third kappa shape index (κ3) is 5.07. The topological polar surface area (TPSA) is 56.5 Å². The van der Waals surface area contributed by atoms with Crippen LogP contribution in [0, 0.1) is 5.41 Å². The van der Waals surface area contributed by atoms with Gasteiger partial charge in [-0.25, -0.2) is 4.98 Å². The maximum absolute atomic E-state index is 13.5. The van der Waals surface area contributed by atoms with E-state index in [1.807, 2.05) is 30.3 Å². The summed E-state index contributed by atoms with van der Waals surface area (Å²) in [6.07, 6.45) is 2.58. The van der Waals surface area contributed by atoms with Crippen molar-refractivity contribution >= 4 is 43.8 Å². The summed E-state index contributed by atoms with van der Waals surface area (Å²) < 4.78 is 8.49. The van der Waals surface area contributed by atoms with Crippen molar-refractivity contribution in [1.29, 1.82) is 0 Å². The summed E-state index contributed by atoms with van der Waals surface area (Å²) in [5.74, 6) is 1.46. The number of nitrogens with zero attached hydrogens (tertiary/aromatic N) is 3. The molecule has 0 bridgehead atoms. The summed E-state index contributed by atoms with van der Waals surface area (Å²) in [6.45, 7) is 11.1. The standard InChI is InChI=1S/C28H30BrN3O2/c1-6-18(2)26-31-24-13-12-20(29)15-22(24)27(33)32(26)30-16-23-21-10-8-7-9-19(21)11-14-25(23)34-17-28(3,4)5/h7-16,18H,6,17H2,1-5H3/t18-/m0/s1. The Morgan fingerprint density at radius 2 is 1.88 bits per heavy atom. The van der Waals surface area contributed by atoms with E-state index in [4.69, 9.17) is 14.8 Å². The third-order valence-corrected chi connectivity index (χ3v) is 6.27. The molecule has 6 heteroatoms. The highest BCUT2D eigenvalue weighted by Crippen LogP contribution is 2.29. The Bertz CT molecular complexity index is 1430. The van der Waals surface area contributed by atoms with Crippen LogP contribution < -0.4 is 10.3 Å². The van der Waals surface area contributed by atoms with Crippen LogP contribution in [-0.2, 0) is 0 Å². The second-order valence-electron chi connectivity index (χ2n) is 9.85. The number of aromatic nitrogens is 2. The van der Waals surface area contributed by atoms with Gasteiger partial charge in [-0.15, -0.1) is 0 Å². The molecule has 4 aromatic rings. The SMILES string of the molecule is CC[C@H](C)c1nc2ccc(Br)cc2c(=O)n1N=Cc1c(OCC(C)(C)C)ccc2ccccc12. The Morgan fingerprint density at radius 1 is 1.12 bits per heavy atom. The van der Waals surface area contributed by atoms with Gasteiger partial charge in [0.25, 0.3) is 5.56 Å². The molecule has 1 aromatic heterocycles. The van der Waals surface area contributed by atoms with E-state index < -0.39 is 0 Å². The quantitative estimate of drug-likeness (QED) is 0.254. The minimum absolute atomic E-state index is 0.0103. The first-order valence-electron chi connectivity index (χ1n) is 11.6. The van der Waals surface area contributed by atoms with Gasteiger partial charge >= 0.3 is 0 Å². The van der Waals surface area contributed by atoms with Crippen molar-refractivity contribution in [3.63, 3.8) is 0 Å². The molecule has 5 nitrogen and oxygen atoms in total. The molecule has 1 heterocycles. The van der Waals surface area contributed by atoms with E-state index in [1.54, 1.807) is 12.3 Å². The van der Waals surface area contributed by atoms with Crippen LogP contribution in [0.5, 0.6) is 5.75 Å². The van der Waals surface area contributed by atoms with Gasteiger partial charge in [0, 0.05) is 16.0 Å². The monoisotopic (exact) mass is 519 g/mol. The lowest BCUT2D eigenvalue weighted by atomic mass is 9.98. The average molecular weight is 520 g/mol. The van der Waals surface area contributed by atoms with Crippen molar-refractivity contribution in [2.75, 3.05) is 6.61 Å². The average Bonchev–Trinajstić information content (AvgIpc) is 2.81. The first kappa shape index (κ1) is 24.1. The molecule has 34 heavy (non-hydrogen) atoms. The van der Waals surface area contributed by atoms with E-state index >= 15 is 0 Å². The zero-order valence-corrected chi connectivity index (χ0v) is 21.9. The second-order valence-corrected chi connectivity index (χ2v) is 10.8. The van der Waals surface area contributed by atoms with Crippen molar-refractivity contribution in [2.24, 2.45) is 10.5 Å². The highest BCUT2D eigenvalue weighted by atomic mass is 79.9. The first-order chi connectivity index (χ1) is 16.2. The lowest BCUT2D eigenvalue weighted by Crippen LogP contribution is -2.24. The second kappa shape index (κ2) is 9.71. The van der Waals surface area contributed by atoms with Crippen molar-refractivity contribution < 1.29 is 4.74 Å². The van der Waals surface area contributed by atoms with E-state index in [2.05, 4.69) is 68.7 Å². The predicted octanol–water partition coefficient (Wildman–Crippen LogP) is 7.13. The molecule has 0 saturated carbocycles.